The Morgan fingerprint density at radius 3 is 2.22 bits per heavy atom. The Hall–Kier alpha value is -0.540. The zero-order valence-electron chi connectivity index (χ0n) is 11.8. The van der Waals surface area contributed by atoms with Crippen molar-refractivity contribution >= 4 is 15.9 Å². The highest BCUT2D eigenvalue weighted by Gasteiger charge is 2.35. The Kier molecular flexibility index (Phi) is 5.23. The van der Waals surface area contributed by atoms with Crippen LogP contribution in [0.2, 0.25) is 0 Å². The number of rotatable bonds is 5. The van der Waals surface area contributed by atoms with Gasteiger partial charge in [-0.1, -0.05) is 43.6 Å². The second-order valence-corrected chi connectivity index (χ2v) is 6.29. The maximum Gasteiger partial charge on any atom is 0.119 e. The Balaban J connectivity index is 3.08. The SMILES string of the molecule is COc1ccc(Br)c(CC(O)(C(C)C)C(C)C)c1. The van der Waals surface area contributed by atoms with E-state index in [1.165, 1.54) is 0 Å². The number of hydrogen-bond donors (Lipinski definition) is 1. The fraction of sp³-hybridized carbons (Fsp3) is 0.600. The van der Waals surface area contributed by atoms with E-state index >= 15 is 0 Å². The minimum atomic E-state index is -0.700. The van der Waals surface area contributed by atoms with Gasteiger partial charge in [0.25, 0.3) is 0 Å². The molecular formula is C15H23BrO2. The number of methoxy groups -OCH3 is 1. The predicted octanol–water partition coefficient (Wildman–Crippen LogP) is 4.04. The van der Waals surface area contributed by atoms with E-state index in [0.29, 0.717) is 6.42 Å². The van der Waals surface area contributed by atoms with Crippen LogP contribution in [0.25, 0.3) is 0 Å². The molecule has 0 saturated carbocycles. The van der Waals surface area contributed by atoms with Crippen molar-refractivity contribution in [2.24, 2.45) is 11.8 Å². The average Bonchev–Trinajstić information content (AvgIpc) is 2.31. The van der Waals surface area contributed by atoms with Crippen LogP contribution in [0.1, 0.15) is 33.3 Å². The first-order valence-corrected chi connectivity index (χ1v) is 7.15. The van der Waals surface area contributed by atoms with Crippen LogP contribution in [0.15, 0.2) is 22.7 Å². The van der Waals surface area contributed by atoms with Crippen LogP contribution in [-0.4, -0.2) is 17.8 Å². The molecule has 0 aromatic heterocycles. The van der Waals surface area contributed by atoms with Gasteiger partial charge in [0.05, 0.1) is 12.7 Å². The highest BCUT2D eigenvalue weighted by Crippen LogP contribution is 2.33. The molecule has 2 nitrogen and oxygen atoms in total. The Labute approximate surface area is 118 Å². The molecule has 0 aliphatic rings. The largest absolute Gasteiger partial charge is 0.497 e. The Morgan fingerprint density at radius 2 is 1.78 bits per heavy atom. The third-order valence-electron chi connectivity index (χ3n) is 3.73. The molecule has 0 amide bonds. The van der Waals surface area contributed by atoms with E-state index in [9.17, 15) is 5.11 Å². The molecule has 0 radical (unpaired) electrons. The molecule has 0 bridgehead atoms. The molecule has 0 spiro atoms. The zero-order chi connectivity index (χ0) is 13.9. The Morgan fingerprint density at radius 1 is 1.22 bits per heavy atom. The van der Waals surface area contributed by atoms with Crippen molar-refractivity contribution in [1.82, 2.24) is 0 Å². The van der Waals surface area contributed by atoms with E-state index in [4.69, 9.17) is 4.74 Å². The summed E-state index contributed by atoms with van der Waals surface area (Å²) < 4.78 is 6.26. The number of benzene rings is 1. The maximum atomic E-state index is 10.8. The topological polar surface area (TPSA) is 29.5 Å². The van der Waals surface area contributed by atoms with Gasteiger partial charge in [-0.15, -0.1) is 0 Å². The third kappa shape index (κ3) is 3.27. The first-order chi connectivity index (χ1) is 8.31. The summed E-state index contributed by atoms with van der Waals surface area (Å²) >= 11 is 3.54. The second kappa shape index (κ2) is 6.07. The van der Waals surface area contributed by atoms with Gasteiger partial charge in [-0.25, -0.2) is 0 Å². The average molecular weight is 315 g/mol. The van der Waals surface area contributed by atoms with Gasteiger partial charge in [0.15, 0.2) is 0 Å². The molecule has 0 aliphatic carbocycles. The quantitative estimate of drug-likeness (QED) is 0.888. The highest BCUT2D eigenvalue weighted by molar-refractivity contribution is 9.10. The monoisotopic (exact) mass is 314 g/mol. The van der Waals surface area contributed by atoms with Crippen LogP contribution in [-0.2, 0) is 6.42 Å². The molecule has 0 heterocycles. The molecule has 1 aromatic rings. The lowest BCUT2D eigenvalue weighted by Crippen LogP contribution is -2.42. The number of hydrogen-bond acceptors (Lipinski definition) is 2. The van der Waals surface area contributed by atoms with E-state index in [0.717, 1.165) is 15.8 Å². The van der Waals surface area contributed by atoms with Crippen molar-refractivity contribution in [3.63, 3.8) is 0 Å². The molecule has 1 rings (SSSR count). The fourth-order valence-corrected chi connectivity index (χ4v) is 2.58. The normalized spacial score (nSPS) is 12.3. The summed E-state index contributed by atoms with van der Waals surface area (Å²) in [6.07, 6.45) is 0.625. The maximum absolute atomic E-state index is 10.8. The third-order valence-corrected chi connectivity index (χ3v) is 4.50. The molecule has 1 N–H and O–H groups in total. The van der Waals surface area contributed by atoms with Gasteiger partial charge in [0.2, 0.25) is 0 Å². The van der Waals surface area contributed by atoms with Gasteiger partial charge >= 0.3 is 0 Å². The van der Waals surface area contributed by atoms with Crippen LogP contribution in [0.3, 0.4) is 0 Å². The van der Waals surface area contributed by atoms with Crippen LogP contribution < -0.4 is 4.74 Å². The fourth-order valence-electron chi connectivity index (χ4n) is 2.19. The molecule has 1 aromatic carbocycles. The second-order valence-electron chi connectivity index (χ2n) is 5.43. The summed E-state index contributed by atoms with van der Waals surface area (Å²) in [5.41, 5.74) is 0.383. The van der Waals surface area contributed by atoms with E-state index in [1.807, 2.05) is 18.2 Å². The van der Waals surface area contributed by atoms with Gasteiger partial charge < -0.3 is 9.84 Å². The van der Waals surface area contributed by atoms with Crippen molar-refractivity contribution in [2.45, 2.75) is 39.7 Å². The van der Waals surface area contributed by atoms with Crippen molar-refractivity contribution in [1.29, 1.82) is 0 Å². The van der Waals surface area contributed by atoms with Crippen LogP contribution in [0.5, 0.6) is 5.75 Å². The summed E-state index contributed by atoms with van der Waals surface area (Å²) in [5.74, 6) is 1.23. The summed E-state index contributed by atoms with van der Waals surface area (Å²) in [7, 11) is 1.66. The van der Waals surface area contributed by atoms with E-state index in [2.05, 4.69) is 43.6 Å². The molecule has 18 heavy (non-hydrogen) atoms. The van der Waals surface area contributed by atoms with E-state index in [1.54, 1.807) is 7.11 Å². The van der Waals surface area contributed by atoms with Crippen molar-refractivity contribution in [3.05, 3.63) is 28.2 Å². The van der Waals surface area contributed by atoms with Crippen LogP contribution in [0, 0.1) is 11.8 Å². The van der Waals surface area contributed by atoms with Gasteiger partial charge in [0, 0.05) is 10.9 Å². The zero-order valence-corrected chi connectivity index (χ0v) is 13.4. The molecule has 0 unspecified atom stereocenters. The van der Waals surface area contributed by atoms with Gasteiger partial charge in [-0.3, -0.25) is 0 Å². The minimum Gasteiger partial charge on any atom is -0.497 e. The van der Waals surface area contributed by atoms with Gasteiger partial charge in [-0.05, 0) is 35.6 Å². The van der Waals surface area contributed by atoms with Gasteiger partial charge in [0.1, 0.15) is 5.75 Å². The van der Waals surface area contributed by atoms with Crippen LogP contribution >= 0.6 is 15.9 Å². The van der Waals surface area contributed by atoms with Crippen molar-refractivity contribution < 1.29 is 9.84 Å². The number of aliphatic hydroxyl groups is 1. The summed E-state index contributed by atoms with van der Waals surface area (Å²) in [5, 5.41) is 10.8. The number of ether oxygens (including phenoxy) is 1. The number of halogens is 1. The first kappa shape index (κ1) is 15.5. The minimum absolute atomic E-state index is 0.204. The molecule has 102 valence electrons. The predicted molar refractivity (Wildman–Crippen MR) is 79.0 cm³/mol. The van der Waals surface area contributed by atoms with Crippen molar-refractivity contribution in [3.8, 4) is 5.75 Å². The van der Waals surface area contributed by atoms with Crippen molar-refractivity contribution in [2.75, 3.05) is 7.11 Å². The molecule has 0 saturated heterocycles. The van der Waals surface area contributed by atoms with E-state index < -0.39 is 5.60 Å². The smallest absolute Gasteiger partial charge is 0.119 e. The van der Waals surface area contributed by atoms with Gasteiger partial charge in [-0.2, -0.15) is 0 Å². The van der Waals surface area contributed by atoms with E-state index in [-0.39, 0.29) is 11.8 Å². The Bertz CT molecular complexity index is 391. The molecule has 0 atom stereocenters. The molecule has 3 heteroatoms. The lowest BCUT2D eigenvalue weighted by Gasteiger charge is -2.36. The molecular weight excluding hydrogens is 292 g/mol. The molecule has 0 fully saturated rings. The van der Waals surface area contributed by atoms with Crippen LogP contribution in [0.4, 0.5) is 0 Å². The molecule has 0 aliphatic heterocycles. The first-order valence-electron chi connectivity index (χ1n) is 6.36. The summed E-state index contributed by atoms with van der Waals surface area (Å²) in [4.78, 5) is 0. The standard InChI is InChI=1S/C15H23BrO2/c1-10(2)15(17,11(3)4)9-12-8-13(18-5)6-7-14(12)16/h6-8,10-11,17H,9H2,1-5H3. The lowest BCUT2D eigenvalue weighted by molar-refractivity contribution is -0.0463. The highest BCUT2D eigenvalue weighted by atomic mass is 79.9. The lowest BCUT2D eigenvalue weighted by atomic mass is 9.76. The summed E-state index contributed by atoms with van der Waals surface area (Å²) in [6, 6.07) is 5.87. The summed E-state index contributed by atoms with van der Waals surface area (Å²) in [6.45, 7) is 8.25.